The van der Waals surface area contributed by atoms with Crippen LogP contribution in [0.15, 0.2) is 0 Å². The van der Waals surface area contributed by atoms with Crippen LogP contribution in [0.4, 0.5) is 0 Å². The van der Waals surface area contributed by atoms with Crippen molar-refractivity contribution in [3.05, 3.63) is 0 Å². The van der Waals surface area contributed by atoms with Gasteiger partial charge >= 0.3 is 0 Å². The third-order valence-electron chi connectivity index (χ3n) is 4.13. The molecule has 0 aromatic carbocycles. The number of rotatable bonds is 5. The summed E-state index contributed by atoms with van der Waals surface area (Å²) < 4.78 is 5.39. The Morgan fingerprint density at radius 2 is 2.18 bits per heavy atom. The van der Waals surface area contributed by atoms with Crippen LogP contribution in [0.1, 0.15) is 33.1 Å². The number of carbonyl (C=O) groups excluding carboxylic acids is 1. The zero-order chi connectivity index (χ0) is 12.3. The van der Waals surface area contributed by atoms with Crippen molar-refractivity contribution in [3.8, 4) is 0 Å². The van der Waals surface area contributed by atoms with Gasteiger partial charge in [0.1, 0.15) is 0 Å². The first kappa shape index (κ1) is 12.8. The number of hydrogen-bond acceptors (Lipinski definition) is 3. The molecule has 0 spiro atoms. The van der Waals surface area contributed by atoms with E-state index in [1.54, 1.807) is 0 Å². The first-order valence-electron chi connectivity index (χ1n) is 6.73. The molecule has 0 aromatic rings. The fourth-order valence-corrected chi connectivity index (χ4v) is 2.66. The van der Waals surface area contributed by atoms with E-state index in [2.05, 4.69) is 24.5 Å². The maximum Gasteiger partial charge on any atom is 0.227 e. The highest BCUT2D eigenvalue weighted by Gasteiger charge is 2.36. The van der Waals surface area contributed by atoms with Gasteiger partial charge in [-0.1, -0.05) is 20.3 Å². The summed E-state index contributed by atoms with van der Waals surface area (Å²) in [6.07, 6.45) is 3.79. The predicted octanol–water partition coefficient (Wildman–Crippen LogP) is 0.917. The van der Waals surface area contributed by atoms with Gasteiger partial charge in [-0.05, 0) is 24.8 Å². The molecule has 1 aliphatic heterocycles. The Labute approximate surface area is 103 Å². The summed E-state index contributed by atoms with van der Waals surface area (Å²) in [6.45, 7) is 7.23. The molecule has 4 nitrogen and oxygen atoms in total. The Morgan fingerprint density at radius 3 is 2.76 bits per heavy atom. The maximum atomic E-state index is 12.1. The van der Waals surface area contributed by atoms with E-state index in [0.29, 0.717) is 18.6 Å². The quantitative estimate of drug-likeness (QED) is 0.751. The summed E-state index contributed by atoms with van der Waals surface area (Å²) in [6, 6.07) is 0.189. The zero-order valence-corrected chi connectivity index (χ0v) is 10.9. The average molecular weight is 240 g/mol. The molecular formula is C13H24N2O2. The van der Waals surface area contributed by atoms with Gasteiger partial charge in [0.05, 0.1) is 19.1 Å². The minimum atomic E-state index is -0.0152. The van der Waals surface area contributed by atoms with Crippen LogP contribution >= 0.6 is 0 Å². The monoisotopic (exact) mass is 240 g/mol. The van der Waals surface area contributed by atoms with E-state index >= 15 is 0 Å². The lowest BCUT2D eigenvalue weighted by Crippen LogP contribution is -2.47. The van der Waals surface area contributed by atoms with E-state index < -0.39 is 0 Å². The highest BCUT2D eigenvalue weighted by Crippen LogP contribution is 2.39. The van der Waals surface area contributed by atoms with Crippen molar-refractivity contribution >= 4 is 5.91 Å². The average Bonchev–Trinajstić information content (AvgIpc) is 2.72. The van der Waals surface area contributed by atoms with Gasteiger partial charge < -0.3 is 15.4 Å². The van der Waals surface area contributed by atoms with Gasteiger partial charge in [-0.15, -0.1) is 0 Å². The Balaban J connectivity index is 1.78. The lowest BCUT2D eigenvalue weighted by Gasteiger charge is -2.38. The minimum absolute atomic E-state index is 0.0152. The molecule has 1 heterocycles. The molecule has 1 saturated carbocycles. The van der Waals surface area contributed by atoms with Gasteiger partial charge in [0.15, 0.2) is 0 Å². The molecule has 1 amide bonds. The summed E-state index contributed by atoms with van der Waals surface area (Å²) in [5.74, 6) is 0.139. The largest absolute Gasteiger partial charge is 0.379 e. The van der Waals surface area contributed by atoms with Gasteiger partial charge in [-0.2, -0.15) is 0 Å². The number of ether oxygens (including phenoxy) is 1. The smallest absolute Gasteiger partial charge is 0.227 e. The SMILES string of the molecule is CCNC1COCC1C(=O)NCC1(C)CCC1. The molecule has 1 saturated heterocycles. The Bertz CT molecular complexity index is 277. The van der Waals surface area contributed by atoms with Crippen LogP contribution in [-0.4, -0.2) is 38.3 Å². The first-order chi connectivity index (χ1) is 8.14. The number of amides is 1. The Kier molecular flexibility index (Phi) is 4.05. The fourth-order valence-electron chi connectivity index (χ4n) is 2.66. The van der Waals surface area contributed by atoms with E-state index in [0.717, 1.165) is 13.1 Å². The summed E-state index contributed by atoms with van der Waals surface area (Å²) >= 11 is 0. The van der Waals surface area contributed by atoms with Crippen LogP contribution < -0.4 is 10.6 Å². The maximum absolute atomic E-state index is 12.1. The minimum Gasteiger partial charge on any atom is -0.379 e. The predicted molar refractivity (Wildman–Crippen MR) is 66.7 cm³/mol. The molecule has 17 heavy (non-hydrogen) atoms. The van der Waals surface area contributed by atoms with Crippen LogP contribution in [0.25, 0.3) is 0 Å². The van der Waals surface area contributed by atoms with Crippen LogP contribution in [0.5, 0.6) is 0 Å². The number of carbonyl (C=O) groups is 1. The third-order valence-corrected chi connectivity index (χ3v) is 4.13. The second kappa shape index (κ2) is 5.36. The van der Waals surface area contributed by atoms with E-state index in [4.69, 9.17) is 4.74 Å². The standard InChI is InChI=1S/C13H24N2O2/c1-3-14-11-8-17-7-10(11)12(16)15-9-13(2)5-4-6-13/h10-11,14H,3-9H2,1-2H3,(H,15,16). The fraction of sp³-hybridized carbons (Fsp3) is 0.923. The molecule has 2 rings (SSSR count). The molecule has 0 bridgehead atoms. The first-order valence-corrected chi connectivity index (χ1v) is 6.73. The molecule has 98 valence electrons. The molecule has 2 N–H and O–H groups in total. The van der Waals surface area contributed by atoms with Gasteiger partial charge in [0.2, 0.25) is 5.91 Å². The van der Waals surface area contributed by atoms with Gasteiger partial charge in [-0.3, -0.25) is 4.79 Å². The molecule has 0 radical (unpaired) electrons. The van der Waals surface area contributed by atoms with Crippen LogP contribution in [-0.2, 0) is 9.53 Å². The lowest BCUT2D eigenvalue weighted by atomic mass is 9.70. The van der Waals surface area contributed by atoms with Crippen molar-refractivity contribution in [1.29, 1.82) is 0 Å². The van der Waals surface area contributed by atoms with Gasteiger partial charge in [-0.25, -0.2) is 0 Å². The Morgan fingerprint density at radius 1 is 1.41 bits per heavy atom. The van der Waals surface area contributed by atoms with E-state index in [1.807, 2.05) is 0 Å². The summed E-state index contributed by atoms with van der Waals surface area (Å²) in [4.78, 5) is 12.1. The highest BCUT2D eigenvalue weighted by molar-refractivity contribution is 5.79. The third kappa shape index (κ3) is 2.99. The second-order valence-corrected chi connectivity index (χ2v) is 5.69. The molecule has 4 heteroatoms. The van der Waals surface area contributed by atoms with Crippen LogP contribution in [0.3, 0.4) is 0 Å². The van der Waals surface area contributed by atoms with Gasteiger partial charge in [0, 0.05) is 12.6 Å². The molecule has 1 aliphatic carbocycles. The molecule has 0 aromatic heterocycles. The molecule has 2 unspecified atom stereocenters. The molecule has 2 atom stereocenters. The van der Waals surface area contributed by atoms with Gasteiger partial charge in [0.25, 0.3) is 0 Å². The highest BCUT2D eigenvalue weighted by atomic mass is 16.5. The van der Waals surface area contributed by atoms with Crippen molar-refractivity contribution in [1.82, 2.24) is 10.6 Å². The van der Waals surface area contributed by atoms with Crippen molar-refractivity contribution in [3.63, 3.8) is 0 Å². The van der Waals surface area contributed by atoms with E-state index in [1.165, 1.54) is 19.3 Å². The summed E-state index contributed by atoms with van der Waals surface area (Å²) in [5, 5.41) is 6.41. The van der Waals surface area contributed by atoms with Crippen molar-refractivity contribution < 1.29 is 9.53 Å². The zero-order valence-electron chi connectivity index (χ0n) is 10.9. The number of likely N-dealkylation sites (N-methyl/N-ethyl adjacent to an activating group) is 1. The topological polar surface area (TPSA) is 50.4 Å². The molecule has 2 fully saturated rings. The van der Waals surface area contributed by atoms with Crippen molar-refractivity contribution in [2.45, 2.75) is 39.2 Å². The number of hydrogen-bond donors (Lipinski definition) is 2. The van der Waals surface area contributed by atoms with Crippen molar-refractivity contribution in [2.75, 3.05) is 26.3 Å². The second-order valence-electron chi connectivity index (χ2n) is 5.69. The lowest BCUT2D eigenvalue weighted by molar-refractivity contribution is -0.126. The van der Waals surface area contributed by atoms with E-state index in [9.17, 15) is 4.79 Å². The normalized spacial score (nSPS) is 30.9. The summed E-state index contributed by atoms with van der Waals surface area (Å²) in [5.41, 5.74) is 0.350. The van der Waals surface area contributed by atoms with Crippen molar-refractivity contribution in [2.24, 2.45) is 11.3 Å². The molecule has 2 aliphatic rings. The number of nitrogens with one attached hydrogen (secondary N) is 2. The molecular weight excluding hydrogens is 216 g/mol. The van der Waals surface area contributed by atoms with Crippen LogP contribution in [0.2, 0.25) is 0 Å². The van der Waals surface area contributed by atoms with E-state index in [-0.39, 0.29) is 17.9 Å². The van der Waals surface area contributed by atoms with Crippen LogP contribution in [0, 0.1) is 11.3 Å². The summed E-state index contributed by atoms with van der Waals surface area (Å²) in [7, 11) is 0. The Hall–Kier alpha value is -0.610.